The molecule has 620 valence electrons. The molecule has 0 unspecified atom stereocenters. The summed E-state index contributed by atoms with van der Waals surface area (Å²) in [6.45, 7) is 37.2. The molecule has 32 nitrogen and oxygen atoms in total. The average molecular weight is 1630 g/mol. The molecule has 0 spiro atoms. The molecule has 0 bridgehead atoms. The molecule has 4 fully saturated rings. The Labute approximate surface area is 690 Å². The van der Waals surface area contributed by atoms with Crippen molar-refractivity contribution in [2.45, 2.75) is 196 Å². The second-order valence-corrected chi connectivity index (χ2v) is 34.9. The zero-order valence-corrected chi connectivity index (χ0v) is 71.0. The molecule has 2 saturated heterocycles. The quantitative estimate of drug-likeness (QED) is 0.0192. The van der Waals surface area contributed by atoms with Gasteiger partial charge in [-0.3, -0.25) is 28.8 Å². The molecule has 2 aliphatic heterocycles. The van der Waals surface area contributed by atoms with Crippen LogP contribution in [0.4, 0.5) is 19.9 Å². The molecular formula is C80H109LiN14O18S2. The van der Waals surface area contributed by atoms with Crippen molar-refractivity contribution in [2.75, 3.05) is 52.2 Å². The van der Waals surface area contributed by atoms with Crippen LogP contribution in [0.1, 0.15) is 136 Å². The first-order chi connectivity index (χ1) is 52.4. The van der Waals surface area contributed by atoms with Gasteiger partial charge in [0.25, 0.3) is 0 Å². The summed E-state index contributed by atoms with van der Waals surface area (Å²) in [6.07, 6.45) is 2.53. The number of fused-ring (bicyclic) bond motifs is 2. The molecule has 6 aromatic rings. The topological polar surface area (TPSA) is 442 Å². The molecule has 4 aromatic heterocycles. The summed E-state index contributed by atoms with van der Waals surface area (Å²) in [5.74, 6) is -2.52. The van der Waals surface area contributed by atoms with Gasteiger partial charge in [-0.2, -0.15) is 0 Å². The number of methoxy groups -OCH3 is 4. The molecular weight excluding hydrogens is 1520 g/mol. The second-order valence-electron chi connectivity index (χ2n) is 33.2. The second kappa shape index (κ2) is 37.3. The molecule has 2 aliphatic carbocycles. The molecule has 10 amide bonds. The van der Waals surface area contributed by atoms with Gasteiger partial charge in [-0.1, -0.05) is 95.2 Å². The Hall–Kier alpha value is -9.98. The van der Waals surface area contributed by atoms with Gasteiger partial charge in [-0.05, 0) is 72.6 Å². The van der Waals surface area contributed by atoms with E-state index in [4.69, 9.17) is 38.4 Å². The van der Waals surface area contributed by atoms with Gasteiger partial charge in [-0.25, -0.2) is 39.1 Å². The predicted octanol–water partition coefficient (Wildman–Crippen LogP) is 6.11. The van der Waals surface area contributed by atoms with Crippen molar-refractivity contribution in [3.63, 3.8) is 0 Å². The van der Waals surface area contributed by atoms with E-state index in [2.05, 4.69) is 65.7 Å². The van der Waals surface area contributed by atoms with Crippen molar-refractivity contribution in [1.29, 1.82) is 0 Å². The number of nitrogens with one attached hydrogen (secondary N) is 8. The van der Waals surface area contributed by atoms with E-state index in [1.165, 1.54) is 60.5 Å². The van der Waals surface area contributed by atoms with Crippen LogP contribution in [0.2, 0.25) is 0 Å². The Morgan fingerprint density at radius 3 is 1.16 bits per heavy atom. The van der Waals surface area contributed by atoms with Crippen molar-refractivity contribution >= 4 is 114 Å². The van der Waals surface area contributed by atoms with E-state index in [9.17, 15) is 47.9 Å². The number of anilines is 2. The van der Waals surface area contributed by atoms with Crippen LogP contribution in [0.3, 0.4) is 0 Å². The molecule has 10 rings (SSSR count). The standard InChI is InChI=1S/2C40H53N7O8S.Li.2H2O/c2*1-12-23-18-40(23,35(51)54-11)46-33(49)30-16-25(19-47(30)34(50)32(39(7,8)9)45-36(52)41-21(2)38(4,5)6)55-31-17-28(29-20-56-37(44-29)42-22(3)48)43-27-15-24(53-10)13-14-26(27)31;;;/h2*12-15,17,20-21,23,25,30,32H,1,16,18-19H2,2-11H3,(H,46,49)(H2,41,45,52)(H,42,44,48);;2*1H2/q;;+1;;/p-1/t2*21-,23+,25-,30+,32-,40-;;;/m11.../s1. The fraction of sp³-hybridized carbons (Fsp3) is 0.525. The van der Waals surface area contributed by atoms with E-state index in [0.29, 0.717) is 90.7 Å². The van der Waals surface area contributed by atoms with Crippen LogP contribution in [0, 0.1) is 33.5 Å². The van der Waals surface area contributed by atoms with E-state index >= 15 is 0 Å². The number of thiazole rings is 2. The normalized spacial score (nSPS) is 21.1. The third kappa shape index (κ3) is 22.0. The Kier molecular flexibility index (Phi) is 30.5. The van der Waals surface area contributed by atoms with Crippen molar-refractivity contribution < 1.29 is 106 Å². The number of carbonyl (C=O) groups excluding carboxylic acids is 10. The Morgan fingerprint density at radius 1 is 0.522 bits per heavy atom. The van der Waals surface area contributed by atoms with E-state index in [0.717, 1.165) is 0 Å². The minimum Gasteiger partial charge on any atom is -0.870 e. The summed E-state index contributed by atoms with van der Waals surface area (Å²) in [4.78, 5) is 155. The number of pyridine rings is 2. The monoisotopic (exact) mass is 1620 g/mol. The number of esters is 2. The molecule has 2 saturated carbocycles. The van der Waals surface area contributed by atoms with Crippen LogP contribution in [-0.4, -0.2) is 201 Å². The van der Waals surface area contributed by atoms with Crippen LogP contribution in [-0.2, 0) is 47.8 Å². The molecule has 4 aliphatic rings. The third-order valence-corrected chi connectivity index (χ3v) is 22.3. The Morgan fingerprint density at radius 2 is 0.870 bits per heavy atom. The summed E-state index contributed by atoms with van der Waals surface area (Å²) in [6, 6.07) is 8.47. The maximum absolute atomic E-state index is 14.7. The number of ether oxygens (including phenoxy) is 6. The van der Waals surface area contributed by atoms with Gasteiger partial charge >= 0.3 is 42.9 Å². The van der Waals surface area contributed by atoms with Gasteiger partial charge in [0.15, 0.2) is 10.3 Å². The summed E-state index contributed by atoms with van der Waals surface area (Å²) < 4.78 is 34.4. The summed E-state index contributed by atoms with van der Waals surface area (Å²) in [5.41, 5.74) is -1.60. The van der Waals surface area contributed by atoms with Crippen LogP contribution in [0.25, 0.3) is 44.6 Å². The SMILES string of the molecule is C=C[C@H]1C[C@]1(NC(=O)[C@@H]1C[C@@H](Oc2cc(-c3csc(NC(C)=O)n3)nc3cc(OC)ccc23)CN1C(=O)[C@@H](NC(=O)N[C@H](C)C(C)(C)C)C(C)(C)C)C(=O)OC.C=C[C@H]1C[C@]1(NC(=O)[C@@H]1C[C@@H](Oc2cc(-c3csc(NC(C)=O)n3)nc3cc(OC)ccc23)CN1C(=O)[C@@H](NC(=O)N[C@H](C)C(C)(C)C)C(C)(C)C)C(=O)OC.O.[Li+].[OH-]. The zero-order chi connectivity index (χ0) is 82.7. The van der Waals surface area contributed by atoms with E-state index in [-0.39, 0.29) is 102 Å². The molecule has 35 heteroatoms. The molecule has 11 N–H and O–H groups in total. The van der Waals surface area contributed by atoms with Crippen molar-refractivity contribution in [1.82, 2.24) is 61.6 Å². The molecule has 115 heavy (non-hydrogen) atoms. The predicted molar refractivity (Wildman–Crippen MR) is 432 cm³/mol. The minimum absolute atomic E-state index is 0. The molecule has 12 atom stereocenters. The molecule has 0 radical (unpaired) electrons. The number of hydrogen-bond acceptors (Lipinski definition) is 23. The van der Waals surface area contributed by atoms with Crippen molar-refractivity contribution in [3.05, 3.63) is 84.6 Å². The van der Waals surface area contributed by atoms with Crippen LogP contribution < -0.4 is 80.3 Å². The number of aromatic nitrogens is 4. The largest absolute Gasteiger partial charge is 1.00 e. The van der Waals surface area contributed by atoms with Crippen molar-refractivity contribution in [3.8, 4) is 45.8 Å². The summed E-state index contributed by atoms with van der Waals surface area (Å²) in [7, 11) is 5.61. The summed E-state index contributed by atoms with van der Waals surface area (Å²) >= 11 is 2.50. The van der Waals surface area contributed by atoms with Gasteiger partial charge in [0.1, 0.15) is 81.8 Å². The third-order valence-electron chi connectivity index (χ3n) is 20.8. The first-order valence-electron chi connectivity index (χ1n) is 37.0. The molecule has 2 aromatic carbocycles. The average Bonchev–Trinajstić information content (AvgIpc) is 1.58. The number of benzene rings is 2. The van der Waals surface area contributed by atoms with Crippen LogP contribution in [0.5, 0.6) is 23.0 Å². The number of rotatable bonds is 24. The van der Waals surface area contributed by atoms with Gasteiger partial charge in [0.05, 0.1) is 63.9 Å². The minimum atomic E-state index is -1.30. The number of likely N-dealkylation sites (tertiary alicyclic amines) is 2. The van der Waals surface area contributed by atoms with Gasteiger partial charge in [-0.15, -0.1) is 35.8 Å². The van der Waals surface area contributed by atoms with Gasteiger partial charge in [0, 0.05) is 96.4 Å². The maximum atomic E-state index is 14.7. The smallest absolute Gasteiger partial charge is 0.870 e. The molecule has 6 heterocycles. The first kappa shape index (κ1) is 93.9. The maximum Gasteiger partial charge on any atom is 1.00 e. The van der Waals surface area contributed by atoms with Crippen molar-refractivity contribution in [2.24, 2.45) is 33.5 Å². The number of amides is 10. The fourth-order valence-corrected chi connectivity index (χ4v) is 14.6. The Bertz CT molecular complexity index is 4340. The van der Waals surface area contributed by atoms with Gasteiger partial charge in [0.2, 0.25) is 35.4 Å². The number of nitrogens with zero attached hydrogens (tertiary/aromatic N) is 6. The Balaban J connectivity index is 0.000000349. The van der Waals surface area contributed by atoms with E-state index in [1.807, 2.05) is 109 Å². The van der Waals surface area contributed by atoms with Crippen LogP contribution >= 0.6 is 22.7 Å². The number of hydrogen-bond donors (Lipinski definition) is 8. The number of urea groups is 2. The zero-order valence-electron chi connectivity index (χ0n) is 69.3. The van der Waals surface area contributed by atoms with Gasteiger partial charge < -0.3 is 91.7 Å². The van der Waals surface area contributed by atoms with E-state index in [1.54, 1.807) is 73.5 Å². The number of carbonyl (C=O) groups is 10. The summed E-state index contributed by atoms with van der Waals surface area (Å²) in [5, 5.41) is 28.4. The van der Waals surface area contributed by atoms with E-state index < -0.39 is 106 Å². The first-order valence-corrected chi connectivity index (χ1v) is 38.8. The van der Waals surface area contributed by atoms with Crippen LogP contribution in [0.15, 0.2) is 84.6 Å². The fourth-order valence-electron chi connectivity index (χ4n) is 13.1.